The van der Waals surface area contributed by atoms with Crippen LogP contribution in [0.15, 0.2) is 16.6 Å². The Morgan fingerprint density at radius 1 is 1.58 bits per heavy atom. The fourth-order valence-electron chi connectivity index (χ4n) is 0.684. The molecule has 0 fully saturated rings. The van der Waals surface area contributed by atoms with Gasteiger partial charge in [-0.3, -0.25) is 10.1 Å². The molecule has 0 aliphatic carbocycles. The highest BCUT2D eigenvalue weighted by atomic mass is 79.9. The summed E-state index contributed by atoms with van der Waals surface area (Å²) in [5.41, 5.74) is -0.637. The zero-order valence-electron chi connectivity index (χ0n) is 5.55. The Bertz CT molecular complexity index is 345. The van der Waals surface area contributed by atoms with Crippen LogP contribution in [0.3, 0.4) is 0 Å². The quantitative estimate of drug-likeness (QED) is 0.439. The third kappa shape index (κ3) is 1.56. The second-order valence-electron chi connectivity index (χ2n) is 1.95. The first-order valence-corrected chi connectivity index (χ1v) is 3.99. The van der Waals surface area contributed by atoms with E-state index in [1.807, 2.05) is 0 Å². The molecule has 6 heteroatoms. The third-order valence-electron chi connectivity index (χ3n) is 1.20. The topological polar surface area (TPSA) is 43.1 Å². The molecule has 0 bridgehead atoms. The van der Waals surface area contributed by atoms with Crippen molar-refractivity contribution in [1.82, 2.24) is 0 Å². The molecule has 0 spiro atoms. The molecule has 1 aromatic rings. The maximum atomic E-state index is 12.9. The maximum Gasteiger partial charge on any atom is 0.320 e. The lowest BCUT2D eigenvalue weighted by molar-refractivity contribution is -0.388. The normalized spacial score (nSPS) is 9.92. The van der Waals surface area contributed by atoms with E-state index in [9.17, 15) is 14.5 Å². The highest BCUT2D eigenvalue weighted by Gasteiger charge is 2.20. The van der Waals surface area contributed by atoms with Crippen LogP contribution in [-0.4, -0.2) is 4.92 Å². The molecule has 12 heavy (non-hydrogen) atoms. The second-order valence-corrected chi connectivity index (χ2v) is 3.21. The number of benzene rings is 1. The van der Waals surface area contributed by atoms with Gasteiger partial charge in [0.15, 0.2) is 0 Å². The van der Waals surface area contributed by atoms with Crippen molar-refractivity contribution >= 4 is 33.2 Å². The fraction of sp³-hybridized carbons (Fsp3) is 0. The SMILES string of the molecule is O=[N+]([O-])c1c(Br)ccc(Cl)c1F. The van der Waals surface area contributed by atoms with Gasteiger partial charge in [-0.2, -0.15) is 4.39 Å². The molecule has 0 aromatic heterocycles. The van der Waals surface area contributed by atoms with Crippen molar-refractivity contribution < 1.29 is 9.31 Å². The molecule has 64 valence electrons. The van der Waals surface area contributed by atoms with E-state index in [-0.39, 0.29) is 9.50 Å². The predicted molar refractivity (Wildman–Crippen MR) is 45.8 cm³/mol. The van der Waals surface area contributed by atoms with Crippen molar-refractivity contribution in [2.45, 2.75) is 0 Å². The molecule has 0 saturated carbocycles. The number of rotatable bonds is 1. The molecule has 0 aliphatic rings. The molecule has 0 saturated heterocycles. The Hall–Kier alpha value is -0.680. The average molecular weight is 254 g/mol. The Morgan fingerprint density at radius 2 is 2.17 bits per heavy atom. The third-order valence-corrected chi connectivity index (χ3v) is 2.13. The van der Waals surface area contributed by atoms with Gasteiger partial charge in [0.1, 0.15) is 0 Å². The first-order valence-electron chi connectivity index (χ1n) is 2.82. The van der Waals surface area contributed by atoms with Gasteiger partial charge in [-0.15, -0.1) is 0 Å². The zero-order chi connectivity index (χ0) is 9.30. The highest BCUT2D eigenvalue weighted by Crippen LogP contribution is 2.31. The minimum atomic E-state index is -1.02. The molecule has 1 aromatic carbocycles. The Balaban J connectivity index is 3.43. The van der Waals surface area contributed by atoms with Crippen LogP contribution in [0.25, 0.3) is 0 Å². The molecule has 0 aliphatic heterocycles. The summed E-state index contributed by atoms with van der Waals surface area (Å²) < 4.78 is 13.0. The van der Waals surface area contributed by atoms with E-state index in [1.165, 1.54) is 12.1 Å². The van der Waals surface area contributed by atoms with Crippen LogP contribution in [0.4, 0.5) is 10.1 Å². The standard InChI is InChI=1S/C6H2BrClFNO2/c7-3-1-2-4(8)5(9)6(3)10(11)12/h1-2H. The zero-order valence-corrected chi connectivity index (χ0v) is 7.89. The van der Waals surface area contributed by atoms with Gasteiger partial charge in [0, 0.05) is 0 Å². The molecule has 0 radical (unpaired) electrons. The number of nitro benzene ring substituents is 1. The number of hydrogen-bond donors (Lipinski definition) is 0. The van der Waals surface area contributed by atoms with Gasteiger partial charge in [0.05, 0.1) is 14.4 Å². The van der Waals surface area contributed by atoms with Crippen molar-refractivity contribution in [3.05, 3.63) is 37.6 Å². The Kier molecular flexibility index (Phi) is 2.64. The van der Waals surface area contributed by atoms with Crippen LogP contribution in [0, 0.1) is 15.9 Å². The minimum Gasteiger partial charge on any atom is -0.258 e. The van der Waals surface area contributed by atoms with Gasteiger partial charge in [0.2, 0.25) is 5.82 Å². The lowest BCUT2D eigenvalue weighted by Gasteiger charge is -1.97. The minimum absolute atomic E-state index is 0.0781. The summed E-state index contributed by atoms with van der Waals surface area (Å²) in [6, 6.07) is 2.57. The molecular weight excluding hydrogens is 252 g/mol. The largest absolute Gasteiger partial charge is 0.320 e. The highest BCUT2D eigenvalue weighted by molar-refractivity contribution is 9.10. The van der Waals surface area contributed by atoms with E-state index in [0.717, 1.165) is 0 Å². The van der Waals surface area contributed by atoms with E-state index < -0.39 is 16.4 Å². The molecule has 0 atom stereocenters. The Morgan fingerprint density at radius 3 is 2.58 bits per heavy atom. The summed E-state index contributed by atoms with van der Waals surface area (Å²) in [6.45, 7) is 0. The van der Waals surface area contributed by atoms with Crippen LogP contribution < -0.4 is 0 Å². The summed E-state index contributed by atoms with van der Waals surface area (Å²) >= 11 is 8.17. The van der Waals surface area contributed by atoms with Crippen LogP contribution in [0.5, 0.6) is 0 Å². The van der Waals surface area contributed by atoms with Gasteiger partial charge in [-0.1, -0.05) is 11.6 Å². The summed E-state index contributed by atoms with van der Waals surface area (Å²) in [7, 11) is 0. The number of nitro groups is 1. The molecule has 1 rings (SSSR count). The summed E-state index contributed by atoms with van der Waals surface area (Å²) in [4.78, 5) is 9.44. The van der Waals surface area contributed by atoms with Crippen molar-refractivity contribution in [3.8, 4) is 0 Å². The Labute approximate surface area is 80.4 Å². The van der Waals surface area contributed by atoms with Crippen LogP contribution in [-0.2, 0) is 0 Å². The van der Waals surface area contributed by atoms with Crippen LogP contribution in [0.2, 0.25) is 5.02 Å². The molecule has 3 nitrogen and oxygen atoms in total. The van der Waals surface area contributed by atoms with Gasteiger partial charge >= 0.3 is 5.69 Å². The smallest absolute Gasteiger partial charge is 0.258 e. The average Bonchev–Trinajstić information content (AvgIpc) is 1.97. The summed E-state index contributed by atoms with van der Waals surface area (Å²) in [5.74, 6) is -1.02. The van der Waals surface area contributed by atoms with E-state index >= 15 is 0 Å². The first kappa shape index (κ1) is 9.41. The van der Waals surface area contributed by atoms with Gasteiger partial charge in [-0.25, -0.2) is 0 Å². The molecular formula is C6H2BrClFNO2. The van der Waals surface area contributed by atoms with E-state index in [1.54, 1.807) is 0 Å². The van der Waals surface area contributed by atoms with E-state index in [0.29, 0.717) is 0 Å². The molecule has 0 heterocycles. The van der Waals surface area contributed by atoms with Gasteiger partial charge in [0.25, 0.3) is 0 Å². The van der Waals surface area contributed by atoms with Crippen molar-refractivity contribution in [1.29, 1.82) is 0 Å². The van der Waals surface area contributed by atoms with Crippen molar-refractivity contribution in [3.63, 3.8) is 0 Å². The number of nitrogens with zero attached hydrogens (tertiary/aromatic N) is 1. The molecule has 0 amide bonds. The van der Waals surface area contributed by atoms with E-state index in [4.69, 9.17) is 11.6 Å². The fourth-order valence-corrected chi connectivity index (χ4v) is 1.29. The number of halogens is 3. The van der Waals surface area contributed by atoms with E-state index in [2.05, 4.69) is 15.9 Å². The molecule has 0 N–H and O–H groups in total. The molecule has 0 unspecified atom stereocenters. The first-order chi connectivity index (χ1) is 5.54. The van der Waals surface area contributed by atoms with Gasteiger partial charge in [-0.05, 0) is 28.1 Å². The van der Waals surface area contributed by atoms with Crippen LogP contribution in [0.1, 0.15) is 0 Å². The maximum absolute atomic E-state index is 12.9. The lowest BCUT2D eigenvalue weighted by Crippen LogP contribution is -1.94. The number of hydrogen-bond acceptors (Lipinski definition) is 2. The monoisotopic (exact) mass is 253 g/mol. The lowest BCUT2D eigenvalue weighted by atomic mass is 10.3. The van der Waals surface area contributed by atoms with Crippen molar-refractivity contribution in [2.75, 3.05) is 0 Å². The summed E-state index contributed by atoms with van der Waals surface area (Å²) in [6.07, 6.45) is 0. The summed E-state index contributed by atoms with van der Waals surface area (Å²) in [5, 5.41) is 10.0. The van der Waals surface area contributed by atoms with Gasteiger partial charge < -0.3 is 0 Å². The van der Waals surface area contributed by atoms with Crippen LogP contribution >= 0.6 is 27.5 Å². The second kappa shape index (κ2) is 3.37. The predicted octanol–water partition coefficient (Wildman–Crippen LogP) is 3.15. The van der Waals surface area contributed by atoms with Crippen molar-refractivity contribution in [2.24, 2.45) is 0 Å².